The van der Waals surface area contributed by atoms with E-state index in [0.29, 0.717) is 16.3 Å². The van der Waals surface area contributed by atoms with Crippen LogP contribution in [0.25, 0.3) is 6.08 Å². The molecule has 11 heteroatoms. The van der Waals surface area contributed by atoms with E-state index in [-0.39, 0.29) is 33.3 Å². The second-order valence-corrected chi connectivity index (χ2v) is 8.43. The van der Waals surface area contributed by atoms with Crippen molar-refractivity contribution in [3.8, 4) is 17.2 Å². The van der Waals surface area contributed by atoms with Crippen LogP contribution in [0.5, 0.6) is 17.2 Å². The van der Waals surface area contributed by atoms with Crippen LogP contribution >= 0.6 is 23.2 Å². The van der Waals surface area contributed by atoms with E-state index in [0.717, 1.165) is 4.90 Å². The summed E-state index contributed by atoms with van der Waals surface area (Å²) in [4.78, 5) is 51.5. The van der Waals surface area contributed by atoms with E-state index in [4.69, 9.17) is 37.4 Å². The molecule has 1 saturated heterocycles. The summed E-state index contributed by atoms with van der Waals surface area (Å²) in [5.74, 6) is -1.77. The zero-order valence-electron chi connectivity index (χ0n) is 19.4. The lowest BCUT2D eigenvalue weighted by atomic mass is 10.1. The number of rotatable bonds is 6. The van der Waals surface area contributed by atoms with Gasteiger partial charge in [0.2, 0.25) is 0 Å². The number of halogens is 2. The Morgan fingerprint density at radius 1 is 0.919 bits per heavy atom. The Balaban J connectivity index is 1.63. The highest BCUT2D eigenvalue weighted by Crippen LogP contribution is 2.32. The lowest BCUT2D eigenvalue weighted by Gasteiger charge is -2.26. The first-order valence-electron chi connectivity index (χ1n) is 10.6. The van der Waals surface area contributed by atoms with E-state index in [1.807, 2.05) is 0 Å². The van der Waals surface area contributed by atoms with Crippen molar-refractivity contribution in [1.29, 1.82) is 0 Å². The van der Waals surface area contributed by atoms with Gasteiger partial charge in [-0.2, -0.15) is 0 Å². The summed E-state index contributed by atoms with van der Waals surface area (Å²) in [6.07, 6.45) is 1.29. The van der Waals surface area contributed by atoms with Crippen LogP contribution in [0.15, 0.2) is 66.2 Å². The molecule has 0 saturated carbocycles. The molecule has 1 heterocycles. The number of anilines is 1. The molecule has 188 valence electrons. The highest BCUT2D eigenvalue weighted by atomic mass is 35.5. The predicted octanol–water partition coefficient (Wildman–Crippen LogP) is 4.90. The van der Waals surface area contributed by atoms with Crippen molar-refractivity contribution in [2.24, 2.45) is 0 Å². The average molecular weight is 541 g/mol. The first-order valence-corrected chi connectivity index (χ1v) is 11.4. The Hall–Kier alpha value is -4.34. The number of carbonyl (C=O) groups is 4. The molecule has 3 aromatic rings. The van der Waals surface area contributed by atoms with Crippen LogP contribution in [-0.4, -0.2) is 38.0 Å². The maximum absolute atomic E-state index is 13.1. The molecule has 4 amide bonds. The monoisotopic (exact) mass is 540 g/mol. The van der Waals surface area contributed by atoms with Crippen LogP contribution in [0.3, 0.4) is 0 Å². The lowest BCUT2D eigenvalue weighted by molar-refractivity contribution is -0.122. The molecule has 0 aromatic heterocycles. The molecule has 3 aromatic carbocycles. The van der Waals surface area contributed by atoms with Crippen molar-refractivity contribution in [2.45, 2.75) is 0 Å². The Labute approximate surface area is 221 Å². The SMILES string of the molecule is COc1cccc(N2C(=O)NC(=O)/C(=C\c3ccc(OC(=O)c4ccc(Cl)cc4Cl)c(OC)c3)C2=O)c1. The number of imide groups is 2. The number of barbiturate groups is 1. The Bertz CT molecular complexity index is 1470. The molecule has 0 aliphatic carbocycles. The van der Waals surface area contributed by atoms with Crippen LogP contribution in [0.2, 0.25) is 10.0 Å². The summed E-state index contributed by atoms with van der Waals surface area (Å²) in [6, 6.07) is 14.2. The maximum atomic E-state index is 13.1. The summed E-state index contributed by atoms with van der Waals surface area (Å²) in [5, 5.41) is 2.64. The quantitative estimate of drug-likeness (QED) is 0.205. The number of nitrogens with one attached hydrogen (secondary N) is 1. The minimum atomic E-state index is -0.888. The zero-order chi connectivity index (χ0) is 26.7. The van der Waals surface area contributed by atoms with Gasteiger partial charge in [0, 0.05) is 11.1 Å². The van der Waals surface area contributed by atoms with Gasteiger partial charge in [-0.05, 0) is 54.1 Å². The van der Waals surface area contributed by atoms with Gasteiger partial charge in [0.05, 0.1) is 30.5 Å². The number of methoxy groups -OCH3 is 2. The lowest BCUT2D eigenvalue weighted by Crippen LogP contribution is -2.54. The third kappa shape index (κ3) is 5.42. The van der Waals surface area contributed by atoms with Gasteiger partial charge in [-0.1, -0.05) is 35.3 Å². The summed E-state index contributed by atoms with van der Waals surface area (Å²) in [5.41, 5.74) is 0.411. The molecule has 1 fully saturated rings. The number of nitrogens with zero attached hydrogens (tertiary/aromatic N) is 1. The van der Waals surface area contributed by atoms with Gasteiger partial charge in [0.25, 0.3) is 11.8 Å². The molecular weight excluding hydrogens is 523 g/mol. The van der Waals surface area contributed by atoms with Crippen LogP contribution in [-0.2, 0) is 9.59 Å². The molecule has 4 rings (SSSR count). The number of hydrogen-bond acceptors (Lipinski definition) is 7. The molecule has 37 heavy (non-hydrogen) atoms. The highest BCUT2D eigenvalue weighted by molar-refractivity contribution is 6.39. The summed E-state index contributed by atoms with van der Waals surface area (Å²) < 4.78 is 15.9. The van der Waals surface area contributed by atoms with Crippen molar-refractivity contribution in [2.75, 3.05) is 19.1 Å². The second kappa shape index (κ2) is 10.7. The van der Waals surface area contributed by atoms with Gasteiger partial charge in [0.1, 0.15) is 11.3 Å². The molecule has 0 unspecified atom stereocenters. The van der Waals surface area contributed by atoms with Crippen molar-refractivity contribution in [1.82, 2.24) is 5.32 Å². The Morgan fingerprint density at radius 3 is 2.41 bits per heavy atom. The van der Waals surface area contributed by atoms with Gasteiger partial charge in [0.15, 0.2) is 11.5 Å². The van der Waals surface area contributed by atoms with Crippen LogP contribution in [0.1, 0.15) is 15.9 Å². The Kier molecular flexibility index (Phi) is 7.47. The maximum Gasteiger partial charge on any atom is 0.345 e. The van der Waals surface area contributed by atoms with Crippen molar-refractivity contribution in [3.05, 3.63) is 87.4 Å². The number of carbonyl (C=O) groups excluding carboxylic acids is 4. The molecule has 1 aliphatic rings. The third-order valence-electron chi connectivity index (χ3n) is 5.27. The van der Waals surface area contributed by atoms with E-state index < -0.39 is 23.8 Å². The van der Waals surface area contributed by atoms with E-state index in [9.17, 15) is 19.2 Å². The number of benzene rings is 3. The number of hydrogen-bond donors (Lipinski definition) is 1. The van der Waals surface area contributed by atoms with Crippen LogP contribution in [0.4, 0.5) is 10.5 Å². The van der Waals surface area contributed by atoms with Gasteiger partial charge >= 0.3 is 12.0 Å². The topological polar surface area (TPSA) is 111 Å². The molecule has 0 bridgehead atoms. The van der Waals surface area contributed by atoms with Gasteiger partial charge < -0.3 is 14.2 Å². The van der Waals surface area contributed by atoms with Crippen LogP contribution in [0, 0.1) is 0 Å². The van der Waals surface area contributed by atoms with Gasteiger partial charge in [-0.25, -0.2) is 14.5 Å². The fourth-order valence-electron chi connectivity index (χ4n) is 3.48. The van der Waals surface area contributed by atoms with Crippen molar-refractivity contribution >= 4 is 58.8 Å². The fourth-order valence-corrected chi connectivity index (χ4v) is 3.96. The highest BCUT2D eigenvalue weighted by Gasteiger charge is 2.37. The molecule has 1 N–H and O–H groups in total. The molecule has 1 aliphatic heterocycles. The minimum Gasteiger partial charge on any atom is -0.497 e. The van der Waals surface area contributed by atoms with Crippen molar-refractivity contribution in [3.63, 3.8) is 0 Å². The number of amides is 4. The number of ether oxygens (including phenoxy) is 3. The standard InChI is InChI=1S/C26H18Cl2N2O7/c1-35-17-5-3-4-16(13-17)30-24(32)19(23(31)29-26(30)34)10-14-6-9-21(22(11-14)36-2)37-25(33)18-8-7-15(27)12-20(18)28/h3-13H,1-2H3,(H,29,31,34)/b19-10+. The number of esters is 1. The molecular formula is C26H18Cl2N2O7. The normalized spacial score (nSPS) is 14.4. The molecule has 0 radical (unpaired) electrons. The summed E-state index contributed by atoms with van der Waals surface area (Å²) in [6.45, 7) is 0. The van der Waals surface area contributed by atoms with Gasteiger partial charge in [-0.3, -0.25) is 14.9 Å². The van der Waals surface area contributed by atoms with E-state index >= 15 is 0 Å². The van der Waals surface area contributed by atoms with Crippen molar-refractivity contribution < 1.29 is 33.4 Å². The van der Waals surface area contributed by atoms with Crippen LogP contribution < -0.4 is 24.4 Å². The number of urea groups is 1. The first kappa shape index (κ1) is 25.7. The molecule has 0 spiro atoms. The zero-order valence-corrected chi connectivity index (χ0v) is 20.9. The largest absolute Gasteiger partial charge is 0.497 e. The molecule has 9 nitrogen and oxygen atoms in total. The van der Waals surface area contributed by atoms with E-state index in [1.54, 1.807) is 12.1 Å². The average Bonchev–Trinajstić information content (AvgIpc) is 2.87. The fraction of sp³-hybridized carbons (Fsp3) is 0.0769. The minimum absolute atomic E-state index is 0.0771. The Morgan fingerprint density at radius 2 is 1.70 bits per heavy atom. The predicted molar refractivity (Wildman–Crippen MR) is 136 cm³/mol. The summed E-state index contributed by atoms with van der Waals surface area (Å²) in [7, 11) is 2.81. The summed E-state index contributed by atoms with van der Waals surface area (Å²) >= 11 is 12.0. The second-order valence-electron chi connectivity index (χ2n) is 7.58. The van der Waals surface area contributed by atoms with E-state index in [1.165, 1.54) is 68.8 Å². The van der Waals surface area contributed by atoms with E-state index in [2.05, 4.69) is 5.32 Å². The first-order chi connectivity index (χ1) is 17.7. The van der Waals surface area contributed by atoms with Gasteiger partial charge in [-0.15, -0.1) is 0 Å². The third-order valence-corrected chi connectivity index (χ3v) is 5.81. The smallest absolute Gasteiger partial charge is 0.345 e. The molecule has 0 atom stereocenters.